The van der Waals surface area contributed by atoms with E-state index >= 15 is 0 Å². The fourth-order valence-electron chi connectivity index (χ4n) is 2.39. The molecule has 1 aliphatic rings. The van der Waals surface area contributed by atoms with Gasteiger partial charge in [-0.1, -0.05) is 20.8 Å². The summed E-state index contributed by atoms with van der Waals surface area (Å²) in [6.45, 7) is 7.60. The van der Waals surface area contributed by atoms with E-state index in [0.717, 1.165) is 25.8 Å². The molecule has 92 valence electrons. The minimum atomic E-state index is -0.235. The van der Waals surface area contributed by atoms with Gasteiger partial charge in [0, 0.05) is 5.25 Å². The van der Waals surface area contributed by atoms with E-state index in [4.69, 9.17) is 0 Å². The highest BCUT2D eigenvalue weighted by Crippen LogP contribution is 2.36. The molecule has 1 rings (SSSR count). The van der Waals surface area contributed by atoms with Crippen LogP contribution in [0.3, 0.4) is 0 Å². The summed E-state index contributed by atoms with van der Waals surface area (Å²) in [5.74, 6) is 0. The van der Waals surface area contributed by atoms with Gasteiger partial charge in [-0.25, -0.2) is 0 Å². The molecule has 0 aromatic rings. The van der Waals surface area contributed by atoms with Crippen LogP contribution in [0.4, 0.5) is 0 Å². The van der Waals surface area contributed by atoms with Gasteiger partial charge >= 0.3 is 0 Å². The molecule has 1 fully saturated rings. The standard InChI is InChI=1S/C13H24N2S/c1-4-8-15-13(10-14)7-5-6-12(9-13)16-11(2)3/h11-12,15H,4-9H2,1-3H3. The smallest absolute Gasteiger partial charge is 0.107 e. The normalized spacial score (nSPS) is 30.3. The Kier molecular flexibility index (Phi) is 5.64. The van der Waals surface area contributed by atoms with Crippen molar-refractivity contribution >= 4 is 11.8 Å². The average Bonchev–Trinajstić information content (AvgIpc) is 2.26. The summed E-state index contributed by atoms with van der Waals surface area (Å²) in [7, 11) is 0. The zero-order valence-electron chi connectivity index (χ0n) is 10.8. The van der Waals surface area contributed by atoms with Crippen molar-refractivity contribution in [2.45, 2.75) is 68.9 Å². The molecule has 1 saturated carbocycles. The van der Waals surface area contributed by atoms with Crippen molar-refractivity contribution in [3.8, 4) is 6.07 Å². The van der Waals surface area contributed by atoms with Crippen LogP contribution in [0, 0.1) is 11.3 Å². The number of hydrogen-bond acceptors (Lipinski definition) is 3. The highest BCUT2D eigenvalue weighted by molar-refractivity contribution is 8.00. The molecule has 3 heteroatoms. The van der Waals surface area contributed by atoms with Crippen LogP contribution in [0.5, 0.6) is 0 Å². The van der Waals surface area contributed by atoms with E-state index in [1.165, 1.54) is 12.8 Å². The number of hydrogen-bond donors (Lipinski definition) is 1. The van der Waals surface area contributed by atoms with E-state index in [9.17, 15) is 5.26 Å². The van der Waals surface area contributed by atoms with Crippen LogP contribution in [0.1, 0.15) is 52.9 Å². The Labute approximate surface area is 104 Å². The van der Waals surface area contributed by atoms with E-state index < -0.39 is 0 Å². The predicted octanol–water partition coefficient (Wildman–Crippen LogP) is 3.33. The lowest BCUT2D eigenvalue weighted by Crippen LogP contribution is -2.48. The minimum Gasteiger partial charge on any atom is -0.299 e. The molecular weight excluding hydrogens is 216 g/mol. The van der Waals surface area contributed by atoms with Crippen molar-refractivity contribution in [1.82, 2.24) is 5.32 Å². The fourth-order valence-corrected chi connectivity index (χ4v) is 3.84. The van der Waals surface area contributed by atoms with Crippen molar-refractivity contribution in [3.05, 3.63) is 0 Å². The van der Waals surface area contributed by atoms with Crippen LogP contribution < -0.4 is 5.32 Å². The largest absolute Gasteiger partial charge is 0.299 e. The fraction of sp³-hybridized carbons (Fsp3) is 0.923. The summed E-state index contributed by atoms with van der Waals surface area (Å²) < 4.78 is 0. The highest BCUT2D eigenvalue weighted by atomic mass is 32.2. The van der Waals surface area contributed by atoms with Crippen LogP contribution in [0.2, 0.25) is 0 Å². The van der Waals surface area contributed by atoms with Crippen molar-refractivity contribution in [2.24, 2.45) is 0 Å². The zero-order chi connectivity index (χ0) is 12.0. The van der Waals surface area contributed by atoms with Gasteiger partial charge < -0.3 is 0 Å². The number of nitrogens with zero attached hydrogens (tertiary/aromatic N) is 1. The monoisotopic (exact) mass is 240 g/mol. The minimum absolute atomic E-state index is 0.235. The Hall–Kier alpha value is -0.200. The SMILES string of the molecule is CCCNC1(C#N)CCCC(SC(C)C)C1. The predicted molar refractivity (Wildman–Crippen MR) is 71.6 cm³/mol. The lowest BCUT2D eigenvalue weighted by molar-refractivity contribution is 0.304. The van der Waals surface area contributed by atoms with Gasteiger partial charge in [0.15, 0.2) is 0 Å². The van der Waals surface area contributed by atoms with E-state index in [-0.39, 0.29) is 5.54 Å². The third-order valence-corrected chi connectivity index (χ3v) is 4.43. The van der Waals surface area contributed by atoms with E-state index in [1.807, 2.05) is 11.8 Å². The van der Waals surface area contributed by atoms with Gasteiger partial charge in [0.1, 0.15) is 5.54 Å². The Bertz CT molecular complexity index is 247. The Morgan fingerprint density at radius 1 is 1.56 bits per heavy atom. The summed E-state index contributed by atoms with van der Waals surface area (Å²) in [6, 6.07) is 2.53. The summed E-state index contributed by atoms with van der Waals surface area (Å²) >= 11 is 2.04. The van der Waals surface area contributed by atoms with Crippen LogP contribution in [-0.4, -0.2) is 22.6 Å². The first-order chi connectivity index (χ1) is 7.62. The molecule has 2 unspecified atom stereocenters. The molecule has 0 bridgehead atoms. The second-order valence-electron chi connectivity index (χ2n) is 5.02. The summed E-state index contributed by atoms with van der Waals surface area (Å²) in [6.07, 6.45) is 5.62. The maximum Gasteiger partial charge on any atom is 0.107 e. The molecule has 1 aliphatic carbocycles. The molecule has 0 aromatic heterocycles. The Morgan fingerprint density at radius 3 is 2.88 bits per heavy atom. The first kappa shape index (κ1) is 13.9. The Morgan fingerprint density at radius 2 is 2.31 bits per heavy atom. The quantitative estimate of drug-likeness (QED) is 0.800. The van der Waals surface area contributed by atoms with Gasteiger partial charge in [0.05, 0.1) is 6.07 Å². The van der Waals surface area contributed by atoms with Gasteiger partial charge in [-0.05, 0) is 43.9 Å². The van der Waals surface area contributed by atoms with Gasteiger partial charge in [-0.2, -0.15) is 17.0 Å². The van der Waals surface area contributed by atoms with Crippen LogP contribution >= 0.6 is 11.8 Å². The van der Waals surface area contributed by atoms with Crippen LogP contribution in [-0.2, 0) is 0 Å². The second kappa shape index (κ2) is 6.51. The number of nitrogens with one attached hydrogen (secondary N) is 1. The topological polar surface area (TPSA) is 35.8 Å². The zero-order valence-corrected chi connectivity index (χ0v) is 11.6. The van der Waals surface area contributed by atoms with Crippen LogP contribution in [0.25, 0.3) is 0 Å². The van der Waals surface area contributed by atoms with Crippen molar-refractivity contribution < 1.29 is 0 Å². The average molecular weight is 240 g/mol. The highest BCUT2D eigenvalue weighted by Gasteiger charge is 2.36. The third-order valence-electron chi connectivity index (χ3n) is 3.10. The molecule has 0 aromatic carbocycles. The molecule has 1 N–H and O–H groups in total. The molecule has 0 amide bonds. The van der Waals surface area contributed by atoms with E-state index in [2.05, 4.69) is 32.2 Å². The molecule has 0 aliphatic heterocycles. The van der Waals surface area contributed by atoms with Crippen molar-refractivity contribution in [2.75, 3.05) is 6.54 Å². The number of rotatable bonds is 5. The summed E-state index contributed by atoms with van der Waals surface area (Å²) in [5, 5.41) is 14.2. The second-order valence-corrected chi connectivity index (χ2v) is 6.91. The van der Waals surface area contributed by atoms with Crippen molar-refractivity contribution in [3.63, 3.8) is 0 Å². The Balaban J connectivity index is 2.54. The van der Waals surface area contributed by atoms with Crippen molar-refractivity contribution in [1.29, 1.82) is 5.26 Å². The van der Waals surface area contributed by atoms with Gasteiger partial charge in [0.2, 0.25) is 0 Å². The maximum atomic E-state index is 9.40. The molecule has 0 heterocycles. The lowest BCUT2D eigenvalue weighted by Gasteiger charge is -2.36. The summed E-state index contributed by atoms with van der Waals surface area (Å²) in [4.78, 5) is 0. The molecular formula is C13H24N2S. The summed E-state index contributed by atoms with van der Waals surface area (Å²) in [5.41, 5.74) is -0.235. The van der Waals surface area contributed by atoms with E-state index in [1.54, 1.807) is 0 Å². The molecule has 2 nitrogen and oxygen atoms in total. The van der Waals surface area contributed by atoms with Gasteiger partial charge in [-0.15, -0.1) is 0 Å². The molecule has 2 atom stereocenters. The molecule has 0 spiro atoms. The van der Waals surface area contributed by atoms with Gasteiger partial charge in [-0.3, -0.25) is 5.32 Å². The number of thioether (sulfide) groups is 1. The molecule has 16 heavy (non-hydrogen) atoms. The maximum absolute atomic E-state index is 9.40. The van der Waals surface area contributed by atoms with E-state index in [0.29, 0.717) is 10.5 Å². The molecule has 0 saturated heterocycles. The van der Waals surface area contributed by atoms with Crippen LogP contribution in [0.15, 0.2) is 0 Å². The first-order valence-electron chi connectivity index (χ1n) is 6.43. The molecule has 0 radical (unpaired) electrons. The van der Waals surface area contributed by atoms with Gasteiger partial charge in [0.25, 0.3) is 0 Å². The third kappa shape index (κ3) is 3.99. The lowest BCUT2D eigenvalue weighted by atomic mass is 9.82. The first-order valence-corrected chi connectivity index (χ1v) is 7.38. The number of nitriles is 1.